The number of nitrogens with one attached hydrogen (secondary N) is 1. The Balaban J connectivity index is 1.71. The third kappa shape index (κ3) is 3.37. The molecule has 0 aromatic heterocycles. The highest BCUT2D eigenvalue weighted by Gasteiger charge is 2.51. The summed E-state index contributed by atoms with van der Waals surface area (Å²) in [6, 6.07) is 11.9. The summed E-state index contributed by atoms with van der Waals surface area (Å²) < 4.78 is 18.8. The summed E-state index contributed by atoms with van der Waals surface area (Å²) in [5.74, 6) is -0.164. The van der Waals surface area contributed by atoms with Gasteiger partial charge in [0.05, 0.1) is 6.54 Å². The Morgan fingerprint density at radius 3 is 2.38 bits per heavy atom. The van der Waals surface area contributed by atoms with Crippen molar-refractivity contribution in [2.45, 2.75) is 18.9 Å². The normalized spacial score (nSPS) is 19.6. The Morgan fingerprint density at radius 1 is 1.12 bits per heavy atom. The number of hydrogen-bond acceptors (Lipinski definition) is 3. The van der Waals surface area contributed by atoms with Gasteiger partial charge in [0.1, 0.15) is 23.7 Å². The Hall–Kier alpha value is -2.60. The molecule has 1 aliphatic heterocycles. The van der Waals surface area contributed by atoms with Crippen LogP contribution in [-0.2, 0) is 10.3 Å². The maximum atomic E-state index is 13.2. The van der Waals surface area contributed by atoms with Crippen molar-refractivity contribution in [2.24, 2.45) is 0 Å². The predicted molar refractivity (Wildman–Crippen MR) is 95.6 cm³/mol. The minimum atomic E-state index is -1.18. The van der Waals surface area contributed by atoms with E-state index >= 15 is 0 Å². The van der Waals surface area contributed by atoms with E-state index in [4.69, 9.17) is 16.3 Å². The third-order valence-electron chi connectivity index (χ3n) is 4.44. The van der Waals surface area contributed by atoms with Crippen molar-refractivity contribution in [3.8, 4) is 5.75 Å². The lowest BCUT2D eigenvalue weighted by Crippen LogP contribution is -2.43. The molecule has 0 radical (unpaired) electrons. The zero-order valence-corrected chi connectivity index (χ0v) is 14.9. The van der Waals surface area contributed by atoms with Crippen LogP contribution in [0.3, 0.4) is 0 Å². The molecule has 1 heterocycles. The number of hydrogen-bond donors (Lipinski definition) is 1. The molecule has 2 aromatic carbocycles. The number of imide groups is 1. The van der Waals surface area contributed by atoms with Crippen LogP contribution in [0.5, 0.6) is 5.75 Å². The van der Waals surface area contributed by atoms with E-state index in [1.165, 1.54) is 24.3 Å². The number of benzene rings is 2. The summed E-state index contributed by atoms with van der Waals surface area (Å²) in [4.78, 5) is 26.4. The SMILES string of the molecule is CCC1(c2ccc(F)cc2)NC(=O)N(CCOc2ccc(Cl)cc2)C1=O. The first-order chi connectivity index (χ1) is 12.5. The molecular formula is C19H18ClFN2O3. The number of rotatable bonds is 6. The van der Waals surface area contributed by atoms with E-state index in [0.717, 1.165) is 4.90 Å². The van der Waals surface area contributed by atoms with Gasteiger partial charge >= 0.3 is 6.03 Å². The lowest BCUT2D eigenvalue weighted by atomic mass is 9.87. The smallest absolute Gasteiger partial charge is 0.325 e. The number of amides is 3. The first-order valence-corrected chi connectivity index (χ1v) is 8.62. The number of halogens is 2. The van der Waals surface area contributed by atoms with Crippen molar-refractivity contribution in [3.05, 3.63) is 64.9 Å². The van der Waals surface area contributed by atoms with Gasteiger partial charge < -0.3 is 10.1 Å². The molecule has 5 nitrogen and oxygen atoms in total. The first kappa shape index (κ1) is 18.2. The van der Waals surface area contributed by atoms with Gasteiger partial charge in [-0.3, -0.25) is 9.69 Å². The number of carbonyl (C=O) groups is 2. The van der Waals surface area contributed by atoms with Gasteiger partial charge in [-0.2, -0.15) is 0 Å². The van der Waals surface area contributed by atoms with Crippen LogP contribution in [-0.4, -0.2) is 30.0 Å². The van der Waals surface area contributed by atoms with Crippen molar-refractivity contribution < 1.29 is 18.7 Å². The van der Waals surface area contributed by atoms with E-state index in [2.05, 4.69) is 5.32 Å². The van der Waals surface area contributed by atoms with Gasteiger partial charge in [-0.25, -0.2) is 9.18 Å². The molecule has 7 heteroatoms. The molecule has 3 amide bonds. The molecule has 3 rings (SSSR count). The highest BCUT2D eigenvalue weighted by Crippen LogP contribution is 2.32. The summed E-state index contributed by atoms with van der Waals surface area (Å²) in [6.07, 6.45) is 0.359. The van der Waals surface area contributed by atoms with Crippen LogP contribution in [0, 0.1) is 5.82 Å². The van der Waals surface area contributed by atoms with E-state index in [0.29, 0.717) is 22.8 Å². The quantitative estimate of drug-likeness (QED) is 0.782. The highest BCUT2D eigenvalue weighted by molar-refractivity contribution is 6.30. The number of ether oxygens (including phenoxy) is 1. The lowest BCUT2D eigenvalue weighted by Gasteiger charge is -2.25. The van der Waals surface area contributed by atoms with E-state index in [-0.39, 0.29) is 19.1 Å². The van der Waals surface area contributed by atoms with Crippen LogP contribution in [0.2, 0.25) is 5.02 Å². The van der Waals surface area contributed by atoms with Gasteiger partial charge in [0.2, 0.25) is 0 Å². The molecule has 1 unspecified atom stereocenters. The standard InChI is InChI=1S/C19H18ClFN2O3/c1-2-19(13-3-7-15(21)8-4-13)17(24)23(18(25)22-19)11-12-26-16-9-5-14(20)6-10-16/h3-10H,2,11-12H2,1H3,(H,22,25). The minimum absolute atomic E-state index is 0.107. The summed E-state index contributed by atoms with van der Waals surface area (Å²) >= 11 is 5.82. The largest absolute Gasteiger partial charge is 0.492 e. The van der Waals surface area contributed by atoms with E-state index in [9.17, 15) is 14.0 Å². The van der Waals surface area contributed by atoms with Crippen molar-refractivity contribution in [1.82, 2.24) is 10.2 Å². The Bertz CT molecular complexity index is 811. The third-order valence-corrected chi connectivity index (χ3v) is 4.69. The average Bonchev–Trinajstić information content (AvgIpc) is 2.89. The Labute approximate surface area is 155 Å². The number of urea groups is 1. The molecule has 0 bridgehead atoms. The monoisotopic (exact) mass is 376 g/mol. The summed E-state index contributed by atoms with van der Waals surface area (Å²) in [6.45, 7) is 2.06. The molecule has 1 saturated heterocycles. The second-order valence-electron chi connectivity index (χ2n) is 5.96. The fourth-order valence-electron chi connectivity index (χ4n) is 2.99. The molecule has 2 aromatic rings. The van der Waals surface area contributed by atoms with E-state index in [1.807, 2.05) is 0 Å². The summed E-state index contributed by atoms with van der Waals surface area (Å²) in [5.41, 5.74) is -0.619. The van der Waals surface area contributed by atoms with E-state index < -0.39 is 17.4 Å². The maximum Gasteiger partial charge on any atom is 0.325 e. The van der Waals surface area contributed by atoms with Gasteiger partial charge in [0.25, 0.3) is 5.91 Å². The molecule has 0 spiro atoms. The topological polar surface area (TPSA) is 58.6 Å². The predicted octanol–water partition coefficient (Wildman–Crippen LogP) is 3.72. The van der Waals surface area contributed by atoms with Crippen molar-refractivity contribution in [3.63, 3.8) is 0 Å². The first-order valence-electron chi connectivity index (χ1n) is 8.25. The fourth-order valence-corrected chi connectivity index (χ4v) is 3.11. The lowest BCUT2D eigenvalue weighted by molar-refractivity contribution is -0.132. The Morgan fingerprint density at radius 2 is 1.77 bits per heavy atom. The molecule has 1 fully saturated rings. The van der Waals surface area contributed by atoms with Gasteiger partial charge in [-0.1, -0.05) is 30.7 Å². The zero-order chi connectivity index (χ0) is 18.7. The molecule has 136 valence electrons. The van der Waals surface area contributed by atoms with Crippen molar-refractivity contribution >= 4 is 23.5 Å². The summed E-state index contributed by atoms with van der Waals surface area (Å²) in [5, 5.41) is 3.35. The van der Waals surface area contributed by atoms with Crippen LogP contribution in [0.4, 0.5) is 9.18 Å². The van der Waals surface area contributed by atoms with Crippen LogP contribution in [0.1, 0.15) is 18.9 Å². The average molecular weight is 377 g/mol. The van der Waals surface area contributed by atoms with E-state index in [1.54, 1.807) is 31.2 Å². The van der Waals surface area contributed by atoms with Gasteiger partial charge in [-0.05, 0) is 48.4 Å². The van der Waals surface area contributed by atoms with Gasteiger partial charge in [0, 0.05) is 5.02 Å². The zero-order valence-electron chi connectivity index (χ0n) is 14.2. The van der Waals surface area contributed by atoms with Crippen LogP contribution in [0.15, 0.2) is 48.5 Å². The van der Waals surface area contributed by atoms with Crippen LogP contribution < -0.4 is 10.1 Å². The van der Waals surface area contributed by atoms with Crippen molar-refractivity contribution in [2.75, 3.05) is 13.2 Å². The second kappa shape index (κ2) is 7.33. The molecular weight excluding hydrogens is 359 g/mol. The number of nitrogens with zero attached hydrogens (tertiary/aromatic N) is 1. The van der Waals surface area contributed by atoms with Crippen molar-refractivity contribution in [1.29, 1.82) is 0 Å². The van der Waals surface area contributed by atoms with Crippen LogP contribution in [0.25, 0.3) is 0 Å². The molecule has 1 N–H and O–H groups in total. The molecule has 1 atom stereocenters. The van der Waals surface area contributed by atoms with Gasteiger partial charge in [-0.15, -0.1) is 0 Å². The van der Waals surface area contributed by atoms with Crippen LogP contribution >= 0.6 is 11.6 Å². The molecule has 26 heavy (non-hydrogen) atoms. The second-order valence-corrected chi connectivity index (χ2v) is 6.39. The fraction of sp³-hybridized carbons (Fsp3) is 0.263. The Kier molecular flexibility index (Phi) is 5.13. The minimum Gasteiger partial charge on any atom is -0.492 e. The highest BCUT2D eigenvalue weighted by atomic mass is 35.5. The summed E-state index contributed by atoms with van der Waals surface area (Å²) in [7, 11) is 0. The molecule has 1 aliphatic rings. The maximum absolute atomic E-state index is 13.2. The molecule has 0 aliphatic carbocycles. The van der Waals surface area contributed by atoms with Gasteiger partial charge in [0.15, 0.2) is 0 Å². The number of carbonyl (C=O) groups excluding carboxylic acids is 2. The molecule has 0 saturated carbocycles.